The second-order valence-corrected chi connectivity index (χ2v) is 4.18. The van der Waals surface area contributed by atoms with Gasteiger partial charge in [0, 0.05) is 18.0 Å². The minimum Gasteiger partial charge on any atom is -0.366 e. The average molecular weight is 275 g/mol. The molecule has 1 aromatic carbocycles. The summed E-state index contributed by atoms with van der Waals surface area (Å²) in [6.07, 6.45) is 0.932. The highest BCUT2D eigenvalue weighted by atomic mass is 35.5. The van der Waals surface area contributed by atoms with E-state index in [4.69, 9.17) is 28.9 Å². The number of rotatable bonds is 5. The molecule has 0 spiro atoms. The lowest BCUT2D eigenvalue weighted by atomic mass is 10.2. The molecule has 0 bridgehead atoms. The van der Waals surface area contributed by atoms with Gasteiger partial charge in [-0.1, -0.05) is 11.6 Å². The molecule has 2 amide bonds. The number of alkyl halides is 1. The molecule has 0 aliphatic heterocycles. The summed E-state index contributed by atoms with van der Waals surface area (Å²) in [5, 5.41) is 2.90. The third kappa shape index (κ3) is 4.24. The molecule has 0 fully saturated rings. The van der Waals surface area contributed by atoms with Gasteiger partial charge in [0.2, 0.25) is 11.8 Å². The van der Waals surface area contributed by atoms with Crippen LogP contribution in [0.5, 0.6) is 0 Å². The highest BCUT2D eigenvalue weighted by Gasteiger charge is 2.09. The smallest absolute Gasteiger partial charge is 0.250 e. The maximum Gasteiger partial charge on any atom is 0.250 e. The van der Waals surface area contributed by atoms with E-state index in [-0.39, 0.29) is 16.5 Å². The van der Waals surface area contributed by atoms with Crippen LogP contribution in [0, 0.1) is 0 Å². The summed E-state index contributed by atoms with van der Waals surface area (Å²) >= 11 is 11.3. The Bertz CT molecular complexity index is 435. The number of anilines is 1. The Morgan fingerprint density at radius 3 is 2.65 bits per heavy atom. The molecular formula is C11H12Cl2N2O2. The van der Waals surface area contributed by atoms with Crippen LogP contribution in [0.1, 0.15) is 23.2 Å². The molecule has 0 aromatic heterocycles. The highest BCUT2D eigenvalue weighted by Crippen LogP contribution is 2.20. The molecule has 92 valence electrons. The maximum atomic E-state index is 11.4. The summed E-state index contributed by atoms with van der Waals surface area (Å²) in [4.78, 5) is 22.5. The van der Waals surface area contributed by atoms with Gasteiger partial charge in [0.1, 0.15) is 0 Å². The number of halogens is 2. The van der Waals surface area contributed by atoms with Crippen LogP contribution in [0.2, 0.25) is 5.02 Å². The minimum atomic E-state index is -0.633. The zero-order chi connectivity index (χ0) is 12.8. The van der Waals surface area contributed by atoms with Gasteiger partial charge < -0.3 is 11.1 Å². The average Bonchev–Trinajstić information content (AvgIpc) is 2.28. The number of benzene rings is 1. The van der Waals surface area contributed by atoms with Gasteiger partial charge in [-0.15, -0.1) is 11.6 Å². The Hall–Kier alpha value is -1.26. The normalized spacial score (nSPS) is 10.0. The van der Waals surface area contributed by atoms with Gasteiger partial charge in [-0.05, 0) is 24.6 Å². The van der Waals surface area contributed by atoms with Crippen molar-refractivity contribution in [1.29, 1.82) is 0 Å². The quantitative estimate of drug-likeness (QED) is 0.810. The molecule has 4 nitrogen and oxygen atoms in total. The van der Waals surface area contributed by atoms with Crippen LogP contribution in [0.15, 0.2) is 18.2 Å². The molecule has 0 saturated carbocycles. The first kappa shape index (κ1) is 13.8. The molecule has 0 aliphatic carbocycles. The molecule has 0 saturated heterocycles. The highest BCUT2D eigenvalue weighted by molar-refractivity contribution is 6.34. The molecule has 1 aromatic rings. The van der Waals surface area contributed by atoms with Crippen molar-refractivity contribution in [3.05, 3.63) is 28.8 Å². The van der Waals surface area contributed by atoms with Crippen LogP contribution in [0.25, 0.3) is 0 Å². The standard InChI is InChI=1S/C11H12Cl2N2O2/c12-5-1-2-10(16)15-7-3-4-9(13)8(6-7)11(14)17/h3-4,6H,1-2,5H2,(H2,14,17)(H,15,16). The molecule has 0 heterocycles. The Morgan fingerprint density at radius 1 is 1.35 bits per heavy atom. The van der Waals surface area contributed by atoms with Crippen molar-refractivity contribution in [3.8, 4) is 0 Å². The zero-order valence-corrected chi connectivity index (χ0v) is 10.5. The molecule has 0 unspecified atom stereocenters. The van der Waals surface area contributed by atoms with Crippen molar-refractivity contribution in [3.63, 3.8) is 0 Å². The van der Waals surface area contributed by atoms with E-state index in [0.717, 1.165) is 0 Å². The van der Waals surface area contributed by atoms with Crippen LogP contribution in [0.3, 0.4) is 0 Å². The van der Waals surface area contributed by atoms with E-state index in [2.05, 4.69) is 5.32 Å². The zero-order valence-electron chi connectivity index (χ0n) is 9.00. The minimum absolute atomic E-state index is 0.164. The summed E-state index contributed by atoms with van der Waals surface area (Å²) in [6.45, 7) is 0. The van der Waals surface area contributed by atoms with E-state index in [9.17, 15) is 9.59 Å². The molecule has 1 rings (SSSR count). The first-order valence-corrected chi connectivity index (χ1v) is 5.91. The van der Waals surface area contributed by atoms with E-state index in [0.29, 0.717) is 24.4 Å². The van der Waals surface area contributed by atoms with Gasteiger partial charge in [-0.25, -0.2) is 0 Å². The number of carbonyl (C=O) groups is 2. The third-order valence-electron chi connectivity index (χ3n) is 2.05. The molecule has 17 heavy (non-hydrogen) atoms. The number of nitrogens with two attached hydrogens (primary N) is 1. The Balaban J connectivity index is 2.75. The summed E-state index contributed by atoms with van der Waals surface area (Å²) in [6, 6.07) is 4.56. The van der Waals surface area contributed by atoms with E-state index < -0.39 is 5.91 Å². The Kier molecular flexibility index (Phi) is 5.25. The first-order chi connectivity index (χ1) is 8.04. The van der Waals surface area contributed by atoms with Crippen LogP contribution in [-0.2, 0) is 4.79 Å². The van der Waals surface area contributed by atoms with E-state index in [1.807, 2.05) is 0 Å². The fourth-order valence-corrected chi connectivity index (χ4v) is 1.59. The van der Waals surface area contributed by atoms with Gasteiger partial charge >= 0.3 is 0 Å². The van der Waals surface area contributed by atoms with Crippen molar-refractivity contribution in [1.82, 2.24) is 0 Å². The first-order valence-electron chi connectivity index (χ1n) is 4.99. The fraction of sp³-hybridized carbons (Fsp3) is 0.273. The van der Waals surface area contributed by atoms with Crippen molar-refractivity contribution in [2.24, 2.45) is 5.73 Å². The number of primary amides is 1. The lowest BCUT2D eigenvalue weighted by Gasteiger charge is -2.07. The summed E-state index contributed by atoms with van der Waals surface area (Å²) in [5.41, 5.74) is 5.81. The molecule has 3 N–H and O–H groups in total. The molecular weight excluding hydrogens is 263 g/mol. The summed E-state index contributed by atoms with van der Waals surface area (Å²) in [7, 11) is 0. The number of amides is 2. The van der Waals surface area contributed by atoms with Crippen LogP contribution < -0.4 is 11.1 Å². The van der Waals surface area contributed by atoms with Crippen molar-refractivity contribution in [2.45, 2.75) is 12.8 Å². The van der Waals surface area contributed by atoms with Crippen LogP contribution >= 0.6 is 23.2 Å². The molecule has 0 aliphatic rings. The van der Waals surface area contributed by atoms with Gasteiger partial charge in [0.15, 0.2) is 0 Å². The van der Waals surface area contributed by atoms with Crippen molar-refractivity contribution >= 4 is 40.7 Å². The topological polar surface area (TPSA) is 72.2 Å². The number of hydrogen-bond donors (Lipinski definition) is 2. The maximum absolute atomic E-state index is 11.4. The van der Waals surface area contributed by atoms with Gasteiger partial charge in [-0.3, -0.25) is 9.59 Å². The van der Waals surface area contributed by atoms with Gasteiger partial charge in [-0.2, -0.15) is 0 Å². The summed E-state index contributed by atoms with van der Waals surface area (Å²) < 4.78 is 0. The molecule has 0 atom stereocenters. The predicted molar refractivity (Wildman–Crippen MR) is 68.6 cm³/mol. The van der Waals surface area contributed by atoms with Crippen molar-refractivity contribution in [2.75, 3.05) is 11.2 Å². The lowest BCUT2D eigenvalue weighted by Crippen LogP contribution is -2.14. The molecule has 0 radical (unpaired) electrons. The number of carbonyl (C=O) groups excluding carboxylic acids is 2. The van der Waals surface area contributed by atoms with E-state index in [1.165, 1.54) is 12.1 Å². The monoisotopic (exact) mass is 274 g/mol. The Labute approximate surface area is 109 Å². The van der Waals surface area contributed by atoms with Crippen LogP contribution in [-0.4, -0.2) is 17.7 Å². The largest absolute Gasteiger partial charge is 0.366 e. The number of hydrogen-bond acceptors (Lipinski definition) is 2. The fourth-order valence-electron chi connectivity index (χ4n) is 1.24. The van der Waals surface area contributed by atoms with Gasteiger partial charge in [0.05, 0.1) is 10.6 Å². The van der Waals surface area contributed by atoms with Crippen molar-refractivity contribution < 1.29 is 9.59 Å². The summed E-state index contributed by atoms with van der Waals surface area (Å²) in [5.74, 6) is -0.365. The van der Waals surface area contributed by atoms with E-state index in [1.54, 1.807) is 6.07 Å². The number of nitrogens with one attached hydrogen (secondary N) is 1. The third-order valence-corrected chi connectivity index (χ3v) is 2.65. The second-order valence-electron chi connectivity index (χ2n) is 3.40. The lowest BCUT2D eigenvalue weighted by molar-refractivity contribution is -0.116. The van der Waals surface area contributed by atoms with Gasteiger partial charge in [0.25, 0.3) is 0 Å². The SMILES string of the molecule is NC(=O)c1cc(NC(=O)CCCCl)ccc1Cl. The van der Waals surface area contributed by atoms with E-state index >= 15 is 0 Å². The Morgan fingerprint density at radius 2 is 2.06 bits per heavy atom. The van der Waals surface area contributed by atoms with Crippen LogP contribution in [0.4, 0.5) is 5.69 Å². The molecule has 6 heteroatoms. The predicted octanol–water partition coefficient (Wildman–Crippen LogP) is 2.40. The second kappa shape index (κ2) is 6.47.